The Kier molecular flexibility index (Phi) is 55.9. The second kappa shape index (κ2) is 65.1. The average molecular weight is 2050 g/mol. The van der Waals surface area contributed by atoms with Crippen molar-refractivity contribution in [3.05, 3.63) is 0 Å². The maximum atomic E-state index is 14.6. The molecular weight excluding hydrogens is 1860 g/mol. The van der Waals surface area contributed by atoms with Crippen molar-refractivity contribution in [2.75, 3.05) is 39.3 Å². The van der Waals surface area contributed by atoms with Crippen molar-refractivity contribution < 1.29 is 86.9 Å². The molecule has 5 aliphatic carbocycles. The number of carboxylic acids is 2. The number of hydrogen-bond acceptors (Lipinski definition) is 25. The van der Waals surface area contributed by atoms with Gasteiger partial charge in [-0.25, -0.2) is 4.79 Å². The fraction of sp³-hybridized carbons (Fsp3) is 0.857. The summed E-state index contributed by atoms with van der Waals surface area (Å²) in [6.45, 7) is 25.3. The van der Waals surface area contributed by atoms with Crippen molar-refractivity contribution >= 4 is 93.8 Å². The molecule has 0 bridgehead atoms. The van der Waals surface area contributed by atoms with E-state index in [2.05, 4.69) is 42.5 Å². The molecule has 8 fully saturated rings. The van der Waals surface area contributed by atoms with Crippen LogP contribution >= 0.6 is 0 Å². The van der Waals surface area contributed by atoms with Crippen LogP contribution in [0.25, 0.3) is 0 Å². The molecular formula is C112H196N16O18. The van der Waals surface area contributed by atoms with Crippen LogP contribution in [0.15, 0.2) is 0 Å². The van der Waals surface area contributed by atoms with E-state index in [4.69, 9.17) is 34.4 Å². The van der Waals surface area contributed by atoms with E-state index in [1.54, 1.807) is 37.5 Å². The molecule has 22 N–H and O–H groups in total. The Balaban J connectivity index is 0.000000396. The van der Waals surface area contributed by atoms with Gasteiger partial charge in [0.15, 0.2) is 34.7 Å². The quantitative estimate of drug-likeness (QED) is 0.0199. The minimum absolute atomic E-state index is 0.00727. The van der Waals surface area contributed by atoms with Crippen molar-refractivity contribution in [2.24, 2.45) is 147 Å². The standard InChI is InChI=1S/C57H99N7O9.C55H97N9O9/c1-8-9-11-23-45(56(72)73)61-54(70)43(32-41-26-25-40-21-14-15-22-44(40)41)33-49(66)47-24-17-28-64(47)55(71)38(7)30-48(65)46(29-35(2)3)62-53(69)42(31-39-19-12-10-13-20-39)34-50(67)51(36(4)5)63-52(68)37(6)18-16-27-60-57(58)59;1-33(2)25-44(47(66)30-38(27-36-15-7-6-8-16-36)52(70)63-50(34(3)4)49(68)29-37(54(72)73)17-13-23-60-55(58)59)62-51(69)35(5)26-48(67)45-21-14-24-64(45)53(71)39(31-46(65)42(57)19-11-12-22-56)28-40-32-61-43-20-10-9-18-41(40)43/h35-47,51,57,60H,8-34,58-59H2,1-7H3,(H,61,70)(H,62,69)(H,63,68)(H,72,73);33-45,50,55,60-61H,6-32,56-59H2,1-5H3,(H,62,69)(H,63,70)(H,72,73). The third kappa shape index (κ3) is 42.0. The Labute approximate surface area is 872 Å². The summed E-state index contributed by atoms with van der Waals surface area (Å²) >= 11 is 0. The lowest BCUT2D eigenvalue weighted by atomic mass is 9.75. The van der Waals surface area contributed by atoms with Gasteiger partial charge in [-0.3, -0.25) is 82.6 Å². The number of likely N-dealkylation sites (tertiary alicyclic amines) is 2. The van der Waals surface area contributed by atoms with Gasteiger partial charge in [-0.2, -0.15) is 0 Å². The largest absolute Gasteiger partial charge is 0.481 e. The molecule has 7 amide bonds. The Hall–Kier alpha value is -7.44. The van der Waals surface area contributed by atoms with Crippen molar-refractivity contribution in [3.63, 3.8) is 0 Å². The summed E-state index contributed by atoms with van der Waals surface area (Å²) in [6, 6.07) is -6.39. The molecule has 0 aromatic carbocycles. The monoisotopic (exact) mass is 2050 g/mol. The molecule has 3 saturated heterocycles. The highest BCUT2D eigenvalue weighted by Crippen LogP contribution is 2.49. The SMILES string of the molecule is CC(C)CC(NC(=O)C(C)CC(=O)C1CCCN1C(=O)C(CC(=O)C(N)CCCCN)CC1CNC2CCCCC12)C(=O)CC(CC1CCCCC1)C(=O)NC(C(=O)CC(CCCNC(N)N)C(=O)O)C(C)C.CCCCCC(NC(=O)C(CC(=O)C1CCCN1C(=O)C(C)CC(=O)C(CC(C)C)NC(=O)C(CC(=O)C(NC(=O)C(C)CCCNC(N)N)C(C)C)CC1CCCCC1)CC1CCC2CCCCC21)C(=O)O. The van der Waals surface area contributed by atoms with Crippen LogP contribution in [0.3, 0.4) is 0 Å². The number of unbranched alkanes of at least 4 members (excludes halogenated alkanes) is 3. The predicted molar refractivity (Wildman–Crippen MR) is 566 cm³/mol. The van der Waals surface area contributed by atoms with E-state index in [0.717, 1.165) is 141 Å². The minimum atomic E-state index is -1.11. The highest BCUT2D eigenvalue weighted by atomic mass is 16.4. The van der Waals surface area contributed by atoms with Crippen LogP contribution in [0, 0.1) is 112 Å². The number of aliphatic carboxylic acids is 2. The third-order valence-corrected chi connectivity index (χ3v) is 33.4. The molecule has 34 heteroatoms. The zero-order chi connectivity index (χ0) is 108. The summed E-state index contributed by atoms with van der Waals surface area (Å²) in [4.78, 5) is 226. The molecule has 146 heavy (non-hydrogen) atoms. The van der Waals surface area contributed by atoms with Crippen LogP contribution in [-0.2, 0) is 76.7 Å². The van der Waals surface area contributed by atoms with Gasteiger partial charge in [0.1, 0.15) is 24.4 Å². The number of nitrogens with one attached hydrogen (secondary N) is 8. The Bertz CT molecular complexity index is 4120. The lowest BCUT2D eigenvalue weighted by Gasteiger charge is -2.33. The number of rotatable bonds is 67. The van der Waals surface area contributed by atoms with Crippen LogP contribution in [0.4, 0.5) is 0 Å². The van der Waals surface area contributed by atoms with Crippen LogP contribution < -0.4 is 76.9 Å². The number of carbonyl (C=O) groups is 16. The molecule has 832 valence electrons. The van der Waals surface area contributed by atoms with Crippen molar-refractivity contribution in [1.29, 1.82) is 0 Å². The number of carbonyl (C=O) groups excluding carboxylic acids is 14. The second-order valence-corrected chi connectivity index (χ2v) is 47.2. The highest BCUT2D eigenvalue weighted by molar-refractivity contribution is 6.00. The van der Waals surface area contributed by atoms with Gasteiger partial charge >= 0.3 is 11.9 Å². The number of carboxylic acid groups (broad SMARTS) is 2. The van der Waals surface area contributed by atoms with Gasteiger partial charge in [0.05, 0.1) is 48.2 Å². The molecule has 0 radical (unpaired) electrons. The molecule has 34 nitrogen and oxygen atoms in total. The summed E-state index contributed by atoms with van der Waals surface area (Å²) in [5.74, 6) is -10.2. The van der Waals surface area contributed by atoms with Crippen LogP contribution in [0.5, 0.6) is 0 Å². The lowest BCUT2D eigenvalue weighted by molar-refractivity contribution is -0.144. The minimum Gasteiger partial charge on any atom is -0.481 e. The molecule has 3 aliphatic heterocycles. The maximum Gasteiger partial charge on any atom is 0.326 e. The fourth-order valence-corrected chi connectivity index (χ4v) is 25.0. The summed E-state index contributed by atoms with van der Waals surface area (Å²) in [5, 5.41) is 44.2. The van der Waals surface area contributed by atoms with Gasteiger partial charge in [-0.1, -0.05) is 205 Å². The van der Waals surface area contributed by atoms with E-state index >= 15 is 0 Å². The number of nitrogens with zero attached hydrogens (tertiary/aromatic N) is 2. The van der Waals surface area contributed by atoms with Gasteiger partial charge in [0, 0.05) is 106 Å². The predicted octanol–water partition coefficient (Wildman–Crippen LogP) is 11.5. The van der Waals surface area contributed by atoms with Gasteiger partial charge < -0.3 is 86.3 Å². The molecule has 0 aromatic heterocycles. The van der Waals surface area contributed by atoms with Gasteiger partial charge in [-0.05, 0) is 233 Å². The van der Waals surface area contributed by atoms with Gasteiger partial charge in [0.25, 0.3) is 0 Å². The molecule has 0 spiro atoms. The Morgan fingerprint density at radius 2 is 0.815 bits per heavy atom. The number of Topliss-reactive ketones (excluding diaryl/α,β-unsaturated/α-hetero) is 7. The summed E-state index contributed by atoms with van der Waals surface area (Å²) in [6.07, 6.45) is 30.5. The van der Waals surface area contributed by atoms with Crippen molar-refractivity contribution in [3.8, 4) is 0 Å². The maximum absolute atomic E-state index is 14.6. The van der Waals surface area contributed by atoms with E-state index in [1.165, 1.54) is 19.3 Å². The molecule has 8 rings (SSSR count). The summed E-state index contributed by atoms with van der Waals surface area (Å²) in [5.41, 5.74) is 34.3. The van der Waals surface area contributed by atoms with Crippen molar-refractivity contribution in [1.82, 2.24) is 52.3 Å². The third-order valence-electron chi connectivity index (χ3n) is 33.4. The first-order chi connectivity index (χ1) is 69.4. The van der Waals surface area contributed by atoms with E-state index in [-0.39, 0.29) is 163 Å². The summed E-state index contributed by atoms with van der Waals surface area (Å²) < 4.78 is 0. The number of nitrogens with two attached hydrogens (primary N) is 6. The number of hydrogen-bond donors (Lipinski definition) is 16. The van der Waals surface area contributed by atoms with Gasteiger partial charge in [-0.15, -0.1) is 0 Å². The first-order valence-electron chi connectivity index (χ1n) is 57.4. The van der Waals surface area contributed by atoms with E-state index < -0.39 is 138 Å². The van der Waals surface area contributed by atoms with E-state index in [0.29, 0.717) is 159 Å². The zero-order valence-corrected chi connectivity index (χ0v) is 91.3. The second-order valence-electron chi connectivity index (χ2n) is 47.2. The molecule has 22 atom stereocenters. The Morgan fingerprint density at radius 1 is 0.363 bits per heavy atom. The molecule has 22 unspecified atom stereocenters. The molecule has 0 aromatic rings. The normalized spacial score (nSPS) is 23.3. The first-order valence-corrected chi connectivity index (χ1v) is 57.4. The highest BCUT2D eigenvalue weighted by Gasteiger charge is 2.48. The van der Waals surface area contributed by atoms with Crippen LogP contribution in [0.1, 0.15) is 391 Å². The zero-order valence-electron chi connectivity index (χ0n) is 91.3. The van der Waals surface area contributed by atoms with Crippen LogP contribution in [-0.4, -0.2) is 220 Å². The fourth-order valence-electron chi connectivity index (χ4n) is 25.0. The van der Waals surface area contributed by atoms with E-state index in [9.17, 15) is 86.9 Å². The first kappa shape index (κ1) is 125. The molecule has 3 heterocycles. The smallest absolute Gasteiger partial charge is 0.326 e. The number of fused-ring (bicyclic) bond motifs is 2. The molecule has 8 aliphatic rings. The van der Waals surface area contributed by atoms with Gasteiger partial charge in [0.2, 0.25) is 41.4 Å². The topological polar surface area (TPSA) is 572 Å². The van der Waals surface area contributed by atoms with Crippen LogP contribution in [0.2, 0.25) is 0 Å². The Morgan fingerprint density at radius 3 is 1.35 bits per heavy atom. The summed E-state index contributed by atoms with van der Waals surface area (Å²) in [7, 11) is 0. The van der Waals surface area contributed by atoms with Crippen molar-refractivity contribution in [2.45, 2.75) is 458 Å². The average Bonchev–Trinajstić information content (AvgIpc) is 1.67. The lowest BCUT2D eigenvalue weighted by Crippen LogP contribution is -2.49. The molecule has 5 saturated carbocycles. The number of amides is 7. The number of ketones is 7. The van der Waals surface area contributed by atoms with E-state index in [1.807, 2.05) is 55.4 Å².